The van der Waals surface area contributed by atoms with Crippen molar-refractivity contribution in [2.75, 3.05) is 6.61 Å². The standard InChI is InChI=1S/C17H28N2O/c1-2-20-16-11-7-10-15(13-16)17(19-18)12-14-8-5-3-4-6-9-14/h7,10-11,13-14,17,19H,2-6,8-9,12,18H2,1H3. The van der Waals surface area contributed by atoms with Crippen LogP contribution in [0.25, 0.3) is 0 Å². The molecule has 1 aliphatic carbocycles. The highest BCUT2D eigenvalue weighted by Gasteiger charge is 2.19. The van der Waals surface area contributed by atoms with E-state index in [0.717, 1.165) is 18.1 Å². The predicted octanol–water partition coefficient (Wildman–Crippen LogP) is 3.95. The van der Waals surface area contributed by atoms with Crippen molar-refractivity contribution >= 4 is 0 Å². The molecule has 0 amide bonds. The van der Waals surface area contributed by atoms with Crippen LogP contribution in [0.15, 0.2) is 24.3 Å². The molecule has 0 aliphatic heterocycles. The summed E-state index contributed by atoms with van der Waals surface area (Å²) in [7, 11) is 0. The molecule has 1 unspecified atom stereocenters. The fourth-order valence-electron chi connectivity index (χ4n) is 3.22. The number of hydrogen-bond donors (Lipinski definition) is 2. The molecule has 0 radical (unpaired) electrons. The van der Waals surface area contributed by atoms with Crippen molar-refractivity contribution in [1.29, 1.82) is 0 Å². The molecular formula is C17H28N2O. The Morgan fingerprint density at radius 2 is 2.00 bits per heavy atom. The van der Waals surface area contributed by atoms with Gasteiger partial charge in [-0.3, -0.25) is 11.3 Å². The van der Waals surface area contributed by atoms with Crippen LogP contribution in [0.5, 0.6) is 5.75 Å². The second-order valence-electron chi connectivity index (χ2n) is 5.82. The quantitative estimate of drug-likeness (QED) is 0.470. The van der Waals surface area contributed by atoms with Crippen molar-refractivity contribution in [2.45, 2.75) is 57.9 Å². The number of nitrogens with two attached hydrogens (primary N) is 1. The summed E-state index contributed by atoms with van der Waals surface area (Å²) in [6, 6.07) is 8.55. The summed E-state index contributed by atoms with van der Waals surface area (Å²) in [6.45, 7) is 2.71. The van der Waals surface area contributed by atoms with Crippen LogP contribution in [-0.4, -0.2) is 6.61 Å². The van der Waals surface area contributed by atoms with Crippen molar-refractivity contribution in [1.82, 2.24) is 5.43 Å². The van der Waals surface area contributed by atoms with Crippen LogP contribution in [0.1, 0.15) is 63.5 Å². The van der Waals surface area contributed by atoms with Crippen LogP contribution in [-0.2, 0) is 0 Å². The molecule has 0 spiro atoms. The number of hydrazine groups is 1. The first-order chi connectivity index (χ1) is 9.83. The van der Waals surface area contributed by atoms with Crippen molar-refractivity contribution in [3.05, 3.63) is 29.8 Å². The van der Waals surface area contributed by atoms with E-state index < -0.39 is 0 Å². The van der Waals surface area contributed by atoms with Crippen LogP contribution < -0.4 is 16.0 Å². The van der Waals surface area contributed by atoms with E-state index in [1.54, 1.807) is 0 Å². The molecule has 112 valence electrons. The Labute approximate surface area is 122 Å². The molecule has 1 aromatic carbocycles. The summed E-state index contributed by atoms with van der Waals surface area (Å²) in [5.41, 5.74) is 4.24. The topological polar surface area (TPSA) is 47.3 Å². The van der Waals surface area contributed by atoms with Gasteiger partial charge in [-0.25, -0.2) is 0 Å². The zero-order chi connectivity index (χ0) is 14.2. The monoisotopic (exact) mass is 276 g/mol. The van der Waals surface area contributed by atoms with Crippen LogP contribution in [0.4, 0.5) is 0 Å². The molecule has 0 bridgehead atoms. The minimum absolute atomic E-state index is 0.235. The highest BCUT2D eigenvalue weighted by atomic mass is 16.5. The number of benzene rings is 1. The molecular weight excluding hydrogens is 248 g/mol. The first-order valence-corrected chi connectivity index (χ1v) is 8.02. The second kappa shape index (κ2) is 8.28. The average molecular weight is 276 g/mol. The van der Waals surface area contributed by atoms with Gasteiger partial charge in [-0.05, 0) is 37.0 Å². The van der Waals surface area contributed by atoms with Gasteiger partial charge in [-0.1, -0.05) is 50.7 Å². The van der Waals surface area contributed by atoms with Crippen LogP contribution in [0.3, 0.4) is 0 Å². The molecule has 1 saturated carbocycles. The van der Waals surface area contributed by atoms with E-state index in [4.69, 9.17) is 10.6 Å². The number of nitrogens with one attached hydrogen (secondary N) is 1. The van der Waals surface area contributed by atoms with E-state index in [1.807, 2.05) is 13.0 Å². The fourth-order valence-corrected chi connectivity index (χ4v) is 3.22. The maximum Gasteiger partial charge on any atom is 0.119 e. The average Bonchev–Trinajstić information content (AvgIpc) is 2.74. The molecule has 3 heteroatoms. The van der Waals surface area contributed by atoms with Gasteiger partial charge in [0.05, 0.1) is 6.61 Å². The van der Waals surface area contributed by atoms with E-state index in [1.165, 1.54) is 44.1 Å². The van der Waals surface area contributed by atoms with E-state index in [2.05, 4.69) is 23.6 Å². The fraction of sp³-hybridized carbons (Fsp3) is 0.647. The largest absolute Gasteiger partial charge is 0.494 e. The summed E-state index contributed by atoms with van der Waals surface area (Å²) in [6.07, 6.45) is 9.38. The minimum atomic E-state index is 0.235. The lowest BCUT2D eigenvalue weighted by Gasteiger charge is -2.22. The normalized spacial score (nSPS) is 18.5. The van der Waals surface area contributed by atoms with Gasteiger partial charge in [-0.2, -0.15) is 0 Å². The van der Waals surface area contributed by atoms with Crippen molar-refractivity contribution in [3.63, 3.8) is 0 Å². The smallest absolute Gasteiger partial charge is 0.119 e. The van der Waals surface area contributed by atoms with Gasteiger partial charge < -0.3 is 4.74 Å². The molecule has 20 heavy (non-hydrogen) atoms. The molecule has 0 saturated heterocycles. The first-order valence-electron chi connectivity index (χ1n) is 8.02. The number of rotatable bonds is 6. The Bertz CT molecular complexity index is 386. The number of hydrogen-bond acceptors (Lipinski definition) is 3. The molecule has 1 aromatic rings. The molecule has 0 aromatic heterocycles. The summed E-state index contributed by atoms with van der Waals surface area (Å²) in [5.74, 6) is 7.53. The molecule has 1 aliphatic rings. The Morgan fingerprint density at radius 1 is 1.25 bits per heavy atom. The van der Waals surface area contributed by atoms with Gasteiger partial charge in [-0.15, -0.1) is 0 Å². The lowest BCUT2D eigenvalue weighted by molar-refractivity contribution is 0.336. The summed E-state index contributed by atoms with van der Waals surface area (Å²) >= 11 is 0. The Kier molecular flexibility index (Phi) is 6.34. The highest BCUT2D eigenvalue weighted by Crippen LogP contribution is 2.31. The lowest BCUT2D eigenvalue weighted by atomic mass is 9.90. The minimum Gasteiger partial charge on any atom is -0.494 e. The van der Waals surface area contributed by atoms with E-state index in [0.29, 0.717) is 6.61 Å². The van der Waals surface area contributed by atoms with E-state index in [-0.39, 0.29) is 6.04 Å². The molecule has 1 fully saturated rings. The Morgan fingerprint density at radius 3 is 2.65 bits per heavy atom. The second-order valence-corrected chi connectivity index (χ2v) is 5.82. The SMILES string of the molecule is CCOc1cccc(C(CC2CCCCCC2)NN)c1. The lowest BCUT2D eigenvalue weighted by Crippen LogP contribution is -2.29. The van der Waals surface area contributed by atoms with Gasteiger partial charge in [0.15, 0.2) is 0 Å². The zero-order valence-corrected chi connectivity index (χ0v) is 12.6. The maximum atomic E-state index is 5.79. The highest BCUT2D eigenvalue weighted by molar-refractivity contribution is 5.30. The molecule has 1 atom stereocenters. The van der Waals surface area contributed by atoms with Crippen molar-refractivity contribution in [3.8, 4) is 5.75 Å². The Hall–Kier alpha value is -1.06. The maximum absolute atomic E-state index is 5.79. The van der Waals surface area contributed by atoms with Crippen molar-refractivity contribution < 1.29 is 4.74 Å². The summed E-state index contributed by atoms with van der Waals surface area (Å²) < 4.78 is 5.58. The van der Waals surface area contributed by atoms with E-state index in [9.17, 15) is 0 Å². The van der Waals surface area contributed by atoms with E-state index >= 15 is 0 Å². The molecule has 3 nitrogen and oxygen atoms in total. The third-order valence-electron chi connectivity index (χ3n) is 4.32. The van der Waals surface area contributed by atoms with Gasteiger partial charge in [0, 0.05) is 6.04 Å². The third kappa shape index (κ3) is 4.50. The van der Waals surface area contributed by atoms with Gasteiger partial charge >= 0.3 is 0 Å². The van der Waals surface area contributed by atoms with Gasteiger partial charge in [0.25, 0.3) is 0 Å². The molecule has 2 rings (SSSR count). The Balaban J connectivity index is 2.01. The number of ether oxygens (including phenoxy) is 1. The summed E-state index contributed by atoms with van der Waals surface area (Å²) in [4.78, 5) is 0. The van der Waals surface area contributed by atoms with Gasteiger partial charge in [0.2, 0.25) is 0 Å². The van der Waals surface area contributed by atoms with Crippen LogP contribution in [0, 0.1) is 5.92 Å². The summed E-state index contributed by atoms with van der Waals surface area (Å²) in [5, 5.41) is 0. The first kappa shape index (κ1) is 15.3. The van der Waals surface area contributed by atoms with Crippen LogP contribution in [0.2, 0.25) is 0 Å². The van der Waals surface area contributed by atoms with Crippen molar-refractivity contribution in [2.24, 2.45) is 11.8 Å². The predicted molar refractivity (Wildman–Crippen MR) is 83.5 cm³/mol. The van der Waals surface area contributed by atoms with Crippen LogP contribution >= 0.6 is 0 Å². The third-order valence-corrected chi connectivity index (χ3v) is 4.32. The molecule has 3 N–H and O–H groups in total. The zero-order valence-electron chi connectivity index (χ0n) is 12.6. The molecule has 0 heterocycles. The van der Waals surface area contributed by atoms with Gasteiger partial charge in [0.1, 0.15) is 5.75 Å².